The molecule has 1 aromatic rings. The van der Waals surface area contributed by atoms with E-state index in [0.717, 1.165) is 12.2 Å². The van der Waals surface area contributed by atoms with E-state index in [0.29, 0.717) is 26.0 Å². The van der Waals surface area contributed by atoms with Crippen LogP contribution in [0.5, 0.6) is 5.75 Å². The fourth-order valence-corrected chi connectivity index (χ4v) is 1.98. The molecular weight excluding hydrogens is 230 g/mol. The van der Waals surface area contributed by atoms with Gasteiger partial charge in [0.15, 0.2) is 0 Å². The summed E-state index contributed by atoms with van der Waals surface area (Å²) < 4.78 is 5.56. The topological polar surface area (TPSA) is 46.6 Å². The molecule has 0 unspecified atom stereocenters. The fourth-order valence-electron chi connectivity index (χ4n) is 1.98. The van der Waals surface area contributed by atoms with Crippen LogP contribution in [-0.4, -0.2) is 29.9 Å². The summed E-state index contributed by atoms with van der Waals surface area (Å²) in [6, 6.07) is 7.85. The Morgan fingerprint density at radius 2 is 1.94 bits per heavy atom. The van der Waals surface area contributed by atoms with Crippen molar-refractivity contribution in [2.24, 2.45) is 0 Å². The van der Waals surface area contributed by atoms with Gasteiger partial charge < -0.3 is 4.74 Å². The molecule has 96 valence electrons. The summed E-state index contributed by atoms with van der Waals surface area (Å²) in [6.07, 6.45) is 1.63. The van der Waals surface area contributed by atoms with Gasteiger partial charge in [-0.15, -0.1) is 0 Å². The van der Waals surface area contributed by atoms with Gasteiger partial charge in [0, 0.05) is 12.8 Å². The van der Waals surface area contributed by atoms with Crippen molar-refractivity contribution >= 4 is 11.8 Å². The smallest absolute Gasteiger partial charge is 0.229 e. The predicted octanol–water partition coefficient (Wildman–Crippen LogP) is 1.78. The maximum absolute atomic E-state index is 11.4. The van der Waals surface area contributed by atoms with Crippen LogP contribution in [0, 0.1) is 0 Å². The third-order valence-electron chi connectivity index (χ3n) is 3.05. The number of imide groups is 1. The van der Waals surface area contributed by atoms with E-state index in [1.54, 1.807) is 0 Å². The molecule has 4 nitrogen and oxygen atoms in total. The largest absolute Gasteiger partial charge is 0.492 e. The second-order valence-corrected chi connectivity index (χ2v) is 4.29. The van der Waals surface area contributed by atoms with Gasteiger partial charge in [-0.2, -0.15) is 0 Å². The zero-order valence-corrected chi connectivity index (χ0v) is 10.5. The van der Waals surface area contributed by atoms with E-state index in [1.165, 1.54) is 10.5 Å². The lowest BCUT2D eigenvalue weighted by molar-refractivity contribution is -0.138. The van der Waals surface area contributed by atoms with Gasteiger partial charge in [0.05, 0.1) is 6.54 Å². The van der Waals surface area contributed by atoms with Crippen molar-refractivity contribution in [1.82, 2.24) is 4.90 Å². The van der Waals surface area contributed by atoms with E-state index in [4.69, 9.17) is 4.74 Å². The summed E-state index contributed by atoms with van der Waals surface area (Å²) in [5.74, 6) is 0.602. The van der Waals surface area contributed by atoms with E-state index >= 15 is 0 Å². The van der Waals surface area contributed by atoms with Gasteiger partial charge in [0.1, 0.15) is 12.4 Å². The van der Waals surface area contributed by atoms with Gasteiger partial charge in [-0.05, 0) is 24.1 Å². The Balaban J connectivity index is 1.84. The minimum Gasteiger partial charge on any atom is -0.492 e. The number of likely N-dealkylation sites (tertiary alicyclic amines) is 1. The molecule has 1 saturated heterocycles. The Morgan fingerprint density at radius 1 is 1.22 bits per heavy atom. The molecule has 4 heteroatoms. The van der Waals surface area contributed by atoms with Gasteiger partial charge in [0.2, 0.25) is 11.8 Å². The highest BCUT2D eigenvalue weighted by Crippen LogP contribution is 2.15. The number of aryl methyl sites for hydroxylation is 1. The molecule has 0 N–H and O–H groups in total. The van der Waals surface area contributed by atoms with Crippen molar-refractivity contribution in [3.05, 3.63) is 29.8 Å². The van der Waals surface area contributed by atoms with Crippen LogP contribution in [0.2, 0.25) is 0 Å². The van der Waals surface area contributed by atoms with E-state index in [9.17, 15) is 9.59 Å². The molecule has 2 amide bonds. The fraction of sp³-hybridized carbons (Fsp3) is 0.429. The summed E-state index contributed by atoms with van der Waals surface area (Å²) in [5.41, 5.74) is 1.21. The molecule has 0 aliphatic carbocycles. The van der Waals surface area contributed by atoms with Crippen molar-refractivity contribution in [3.63, 3.8) is 0 Å². The van der Waals surface area contributed by atoms with Gasteiger partial charge in [0.25, 0.3) is 0 Å². The summed E-state index contributed by atoms with van der Waals surface area (Å²) in [4.78, 5) is 24.0. The molecule has 0 saturated carbocycles. The Bertz CT molecular complexity index is 440. The minimum absolute atomic E-state index is 0.0918. The molecule has 1 aliphatic rings. The highest BCUT2D eigenvalue weighted by molar-refractivity contribution is 6.01. The summed E-state index contributed by atoms with van der Waals surface area (Å²) in [6.45, 7) is 2.78. The Kier molecular flexibility index (Phi) is 3.97. The standard InChI is InChI=1S/C14H17NO3/c1-2-11-4-3-5-12(10-11)18-9-8-15-13(16)6-7-14(15)17/h3-5,10H,2,6-9H2,1H3. The number of amides is 2. The number of rotatable bonds is 5. The van der Waals surface area contributed by atoms with Crippen molar-refractivity contribution in [2.45, 2.75) is 26.2 Å². The molecule has 0 bridgehead atoms. The van der Waals surface area contributed by atoms with E-state index in [2.05, 4.69) is 6.92 Å². The predicted molar refractivity (Wildman–Crippen MR) is 67.3 cm³/mol. The first-order valence-electron chi connectivity index (χ1n) is 6.25. The molecule has 2 rings (SSSR count). The molecule has 1 fully saturated rings. The lowest BCUT2D eigenvalue weighted by Gasteiger charge is -2.14. The highest BCUT2D eigenvalue weighted by atomic mass is 16.5. The van der Waals surface area contributed by atoms with Crippen LogP contribution < -0.4 is 4.74 Å². The van der Waals surface area contributed by atoms with Crippen LogP contribution in [0.25, 0.3) is 0 Å². The third-order valence-corrected chi connectivity index (χ3v) is 3.05. The molecule has 18 heavy (non-hydrogen) atoms. The normalized spacial score (nSPS) is 15.3. The molecule has 0 spiro atoms. The van der Waals surface area contributed by atoms with Crippen molar-refractivity contribution < 1.29 is 14.3 Å². The van der Waals surface area contributed by atoms with E-state index in [-0.39, 0.29) is 11.8 Å². The lowest BCUT2D eigenvalue weighted by atomic mass is 10.2. The monoisotopic (exact) mass is 247 g/mol. The Labute approximate surface area is 107 Å². The average Bonchev–Trinajstić information content (AvgIpc) is 2.70. The SMILES string of the molecule is CCc1cccc(OCCN2C(=O)CCC2=O)c1. The van der Waals surface area contributed by atoms with Crippen molar-refractivity contribution in [3.8, 4) is 5.75 Å². The zero-order chi connectivity index (χ0) is 13.0. The number of carbonyl (C=O) groups excluding carboxylic acids is 2. The van der Waals surface area contributed by atoms with Gasteiger partial charge in [-0.25, -0.2) is 0 Å². The van der Waals surface area contributed by atoms with Gasteiger partial charge in [-0.3, -0.25) is 14.5 Å². The number of nitrogens with zero attached hydrogens (tertiary/aromatic N) is 1. The highest BCUT2D eigenvalue weighted by Gasteiger charge is 2.28. The number of benzene rings is 1. The molecular formula is C14H17NO3. The molecule has 0 atom stereocenters. The molecule has 1 aliphatic heterocycles. The second kappa shape index (κ2) is 5.67. The third kappa shape index (κ3) is 2.88. The molecule has 1 heterocycles. The first-order valence-corrected chi connectivity index (χ1v) is 6.25. The minimum atomic E-state index is -0.0918. The Hall–Kier alpha value is -1.84. The summed E-state index contributed by atoms with van der Waals surface area (Å²) in [5, 5.41) is 0. The second-order valence-electron chi connectivity index (χ2n) is 4.29. The van der Waals surface area contributed by atoms with Crippen LogP contribution in [0.3, 0.4) is 0 Å². The summed E-state index contributed by atoms with van der Waals surface area (Å²) in [7, 11) is 0. The summed E-state index contributed by atoms with van der Waals surface area (Å²) >= 11 is 0. The lowest BCUT2D eigenvalue weighted by Crippen LogP contribution is -2.33. The molecule has 0 radical (unpaired) electrons. The first-order chi connectivity index (χ1) is 8.70. The number of hydrogen-bond donors (Lipinski definition) is 0. The van der Waals surface area contributed by atoms with E-state index in [1.807, 2.05) is 24.3 Å². The zero-order valence-electron chi connectivity index (χ0n) is 10.5. The quantitative estimate of drug-likeness (QED) is 0.745. The maximum Gasteiger partial charge on any atom is 0.229 e. The molecule has 0 aromatic heterocycles. The van der Waals surface area contributed by atoms with Gasteiger partial charge >= 0.3 is 0 Å². The number of carbonyl (C=O) groups is 2. The number of hydrogen-bond acceptors (Lipinski definition) is 3. The molecule has 1 aromatic carbocycles. The van der Waals surface area contributed by atoms with E-state index < -0.39 is 0 Å². The first kappa shape index (κ1) is 12.6. The number of ether oxygens (including phenoxy) is 1. The van der Waals surface area contributed by atoms with Crippen LogP contribution in [-0.2, 0) is 16.0 Å². The van der Waals surface area contributed by atoms with Crippen LogP contribution >= 0.6 is 0 Å². The Morgan fingerprint density at radius 3 is 2.61 bits per heavy atom. The van der Waals surface area contributed by atoms with Gasteiger partial charge in [-0.1, -0.05) is 19.1 Å². The van der Waals surface area contributed by atoms with Crippen LogP contribution in [0.15, 0.2) is 24.3 Å². The van der Waals surface area contributed by atoms with Crippen LogP contribution in [0.4, 0.5) is 0 Å². The maximum atomic E-state index is 11.4. The average molecular weight is 247 g/mol. The van der Waals surface area contributed by atoms with Crippen molar-refractivity contribution in [2.75, 3.05) is 13.2 Å². The van der Waals surface area contributed by atoms with Crippen molar-refractivity contribution in [1.29, 1.82) is 0 Å². The van der Waals surface area contributed by atoms with Crippen LogP contribution in [0.1, 0.15) is 25.3 Å².